The second-order valence-electron chi connectivity index (χ2n) is 7.72. The molecule has 0 radical (unpaired) electrons. The number of fused-ring (bicyclic) bond motifs is 1. The van der Waals surface area contributed by atoms with E-state index in [1.165, 1.54) is 17.8 Å². The zero-order valence-electron chi connectivity index (χ0n) is 17.1. The lowest BCUT2D eigenvalue weighted by Gasteiger charge is -2.22. The van der Waals surface area contributed by atoms with Crippen LogP contribution in [0.3, 0.4) is 0 Å². The summed E-state index contributed by atoms with van der Waals surface area (Å²) >= 11 is 0. The van der Waals surface area contributed by atoms with E-state index >= 15 is 0 Å². The summed E-state index contributed by atoms with van der Waals surface area (Å²) in [7, 11) is 1.40. The van der Waals surface area contributed by atoms with Gasteiger partial charge in [-0.25, -0.2) is 4.68 Å². The summed E-state index contributed by atoms with van der Waals surface area (Å²) < 4.78 is 68.5. The summed E-state index contributed by atoms with van der Waals surface area (Å²) in [4.78, 5) is 16.1. The van der Waals surface area contributed by atoms with Gasteiger partial charge in [0.25, 0.3) is 11.8 Å². The van der Waals surface area contributed by atoms with Gasteiger partial charge in [0.1, 0.15) is 17.1 Å². The molecule has 3 heterocycles. The molecule has 0 saturated heterocycles. The van der Waals surface area contributed by atoms with Crippen molar-refractivity contribution in [3.63, 3.8) is 0 Å². The Bertz CT molecular complexity index is 1160. The third-order valence-electron chi connectivity index (χ3n) is 5.27. The number of nitrogens with one attached hydrogen (secondary N) is 1. The molecule has 3 aromatic rings. The van der Waals surface area contributed by atoms with E-state index in [0.29, 0.717) is 37.4 Å². The Hall–Kier alpha value is -3.31. The number of alkyl halides is 5. The molecule has 1 amide bonds. The van der Waals surface area contributed by atoms with Gasteiger partial charge in [-0.3, -0.25) is 14.5 Å². The topological polar surface area (TPSA) is 77.6 Å². The maximum atomic E-state index is 13.5. The molecule has 32 heavy (non-hydrogen) atoms. The molecule has 170 valence electrons. The van der Waals surface area contributed by atoms with Crippen LogP contribution in [0.2, 0.25) is 0 Å². The average molecular weight is 454 g/mol. The fourth-order valence-corrected chi connectivity index (χ4v) is 3.66. The monoisotopic (exact) mass is 454 g/mol. The van der Waals surface area contributed by atoms with E-state index in [0.717, 1.165) is 23.0 Å². The maximum absolute atomic E-state index is 13.5. The van der Waals surface area contributed by atoms with E-state index in [9.17, 15) is 26.7 Å². The third-order valence-corrected chi connectivity index (χ3v) is 5.27. The fraction of sp³-hybridized carbons (Fsp3) is 0.400. The molecule has 0 unspecified atom stereocenters. The molecule has 12 heteroatoms. The van der Waals surface area contributed by atoms with Crippen LogP contribution in [0.1, 0.15) is 58.9 Å². The van der Waals surface area contributed by atoms with Crippen LogP contribution in [0.25, 0.3) is 5.69 Å². The number of hydrogen-bond acceptors (Lipinski definition) is 4. The largest absolute Gasteiger partial charge is 0.433 e. The van der Waals surface area contributed by atoms with Gasteiger partial charge in [-0.15, -0.1) is 0 Å². The number of nitrogens with zero attached hydrogens (tertiary/aromatic N) is 5. The van der Waals surface area contributed by atoms with E-state index in [4.69, 9.17) is 0 Å². The second kappa shape index (κ2) is 7.68. The highest BCUT2D eigenvalue weighted by molar-refractivity contribution is 5.93. The van der Waals surface area contributed by atoms with Crippen LogP contribution in [0.4, 0.5) is 22.0 Å². The van der Waals surface area contributed by atoms with E-state index in [1.807, 2.05) is 0 Å². The molecule has 1 aliphatic carbocycles. The predicted molar refractivity (Wildman–Crippen MR) is 102 cm³/mol. The number of pyridine rings is 1. The summed E-state index contributed by atoms with van der Waals surface area (Å²) in [6.45, 7) is 0.697. The number of aromatic nitrogens is 5. The third kappa shape index (κ3) is 4.21. The first-order valence-electron chi connectivity index (χ1n) is 9.79. The lowest BCUT2D eigenvalue weighted by Crippen LogP contribution is -2.31. The SMILES string of the molecule is Cn1nc(C(C)(F)F)cc1C(=O)N[C@@H]1CCCc2nn(-c3ccnc(C(F)(F)F)c3)cc21. The number of halogens is 5. The number of amides is 1. The summed E-state index contributed by atoms with van der Waals surface area (Å²) in [5, 5.41) is 10.9. The van der Waals surface area contributed by atoms with Gasteiger partial charge >= 0.3 is 6.18 Å². The minimum Gasteiger partial charge on any atom is -0.344 e. The molecule has 1 N–H and O–H groups in total. The highest BCUT2D eigenvalue weighted by atomic mass is 19.4. The number of carbonyl (C=O) groups is 1. The van der Waals surface area contributed by atoms with Crippen LogP contribution in [-0.4, -0.2) is 30.5 Å². The Kier molecular flexibility index (Phi) is 5.25. The van der Waals surface area contributed by atoms with Crippen LogP contribution in [0, 0.1) is 0 Å². The first kappa shape index (κ1) is 21.9. The van der Waals surface area contributed by atoms with Crippen molar-refractivity contribution in [3.05, 3.63) is 58.9 Å². The molecule has 0 saturated carbocycles. The first-order valence-corrected chi connectivity index (χ1v) is 9.79. The van der Waals surface area contributed by atoms with Crippen molar-refractivity contribution >= 4 is 5.91 Å². The molecule has 0 fully saturated rings. The van der Waals surface area contributed by atoms with E-state index in [-0.39, 0.29) is 11.4 Å². The van der Waals surface area contributed by atoms with Crippen LogP contribution in [0.5, 0.6) is 0 Å². The Morgan fingerprint density at radius 1 is 1.16 bits per heavy atom. The van der Waals surface area contributed by atoms with Gasteiger partial charge < -0.3 is 5.32 Å². The Morgan fingerprint density at radius 2 is 1.91 bits per heavy atom. The highest BCUT2D eigenvalue weighted by Crippen LogP contribution is 2.32. The van der Waals surface area contributed by atoms with Crippen LogP contribution < -0.4 is 5.32 Å². The molecule has 1 atom stereocenters. The zero-order chi connectivity index (χ0) is 23.3. The van der Waals surface area contributed by atoms with E-state index in [2.05, 4.69) is 20.5 Å². The highest BCUT2D eigenvalue weighted by Gasteiger charge is 2.34. The summed E-state index contributed by atoms with van der Waals surface area (Å²) in [6.07, 6.45) is -0.0856. The minimum atomic E-state index is -4.59. The second-order valence-corrected chi connectivity index (χ2v) is 7.72. The molecular formula is C20H19F5N6O. The zero-order valence-corrected chi connectivity index (χ0v) is 17.1. The number of hydrogen-bond donors (Lipinski definition) is 1. The van der Waals surface area contributed by atoms with E-state index in [1.54, 1.807) is 6.20 Å². The number of rotatable bonds is 4. The molecule has 3 aromatic heterocycles. The molecule has 7 nitrogen and oxygen atoms in total. The van der Waals surface area contributed by atoms with Crippen molar-refractivity contribution in [1.29, 1.82) is 0 Å². The fourth-order valence-electron chi connectivity index (χ4n) is 3.66. The van der Waals surface area contributed by atoms with Crippen molar-refractivity contribution in [1.82, 2.24) is 29.9 Å². The lowest BCUT2D eigenvalue weighted by molar-refractivity contribution is -0.141. The van der Waals surface area contributed by atoms with Crippen LogP contribution >= 0.6 is 0 Å². The molecule has 1 aliphatic rings. The Morgan fingerprint density at radius 3 is 2.56 bits per heavy atom. The number of aryl methyl sites for hydroxylation is 2. The normalized spacial score (nSPS) is 16.7. The molecule has 0 spiro atoms. The standard InChI is InChI=1S/C20H19F5N6O/c1-19(21,22)16-9-15(30(2)29-16)18(32)27-13-4-3-5-14-12(13)10-31(28-14)11-6-7-26-17(8-11)20(23,24)25/h6-10,13H,3-5H2,1-2H3,(H,27,32)/t13-/m1/s1. The van der Waals surface area contributed by atoms with Crippen LogP contribution in [0.15, 0.2) is 30.6 Å². The van der Waals surface area contributed by atoms with Gasteiger partial charge in [0.05, 0.1) is 17.4 Å². The maximum Gasteiger partial charge on any atom is 0.433 e. The molecule has 0 aliphatic heterocycles. The van der Waals surface area contributed by atoms with Gasteiger partial charge in [-0.1, -0.05) is 0 Å². The Balaban J connectivity index is 1.60. The molecular weight excluding hydrogens is 435 g/mol. The van der Waals surface area contributed by atoms with Crippen molar-refractivity contribution in [2.45, 2.75) is 44.3 Å². The minimum absolute atomic E-state index is 0.0232. The van der Waals surface area contributed by atoms with Crippen molar-refractivity contribution in [2.75, 3.05) is 0 Å². The van der Waals surface area contributed by atoms with Crippen molar-refractivity contribution in [2.24, 2.45) is 7.05 Å². The molecule has 0 bridgehead atoms. The smallest absolute Gasteiger partial charge is 0.344 e. The van der Waals surface area contributed by atoms with Crippen molar-refractivity contribution in [3.8, 4) is 5.69 Å². The van der Waals surface area contributed by atoms with Gasteiger partial charge in [0, 0.05) is 31.9 Å². The lowest BCUT2D eigenvalue weighted by atomic mass is 9.93. The van der Waals surface area contributed by atoms with Gasteiger partial charge in [0.15, 0.2) is 0 Å². The molecule has 0 aromatic carbocycles. The average Bonchev–Trinajstić information content (AvgIpc) is 3.32. The Labute approximate surface area is 179 Å². The summed E-state index contributed by atoms with van der Waals surface area (Å²) in [5.41, 5.74) is -0.0670. The van der Waals surface area contributed by atoms with Gasteiger partial charge in [-0.2, -0.15) is 32.1 Å². The van der Waals surface area contributed by atoms with Gasteiger partial charge in [-0.05, 0) is 37.5 Å². The van der Waals surface area contributed by atoms with Crippen molar-refractivity contribution < 1.29 is 26.7 Å². The number of carbonyl (C=O) groups excluding carboxylic acids is 1. The summed E-state index contributed by atoms with van der Waals surface area (Å²) in [5.74, 6) is -3.76. The van der Waals surface area contributed by atoms with Crippen LogP contribution in [-0.2, 0) is 25.6 Å². The summed E-state index contributed by atoms with van der Waals surface area (Å²) in [6, 6.07) is 2.87. The first-order chi connectivity index (χ1) is 14.9. The van der Waals surface area contributed by atoms with Gasteiger partial charge in [0.2, 0.25) is 0 Å². The van der Waals surface area contributed by atoms with E-state index < -0.39 is 35.4 Å². The predicted octanol–water partition coefficient (Wildman–Crippen LogP) is 3.94. The molecule has 4 rings (SSSR count). The quantitative estimate of drug-likeness (QED) is 0.606.